The molecule has 2 aromatic heterocycles. The zero-order valence-corrected chi connectivity index (χ0v) is 16.5. The number of halogens is 3. The van der Waals surface area contributed by atoms with Gasteiger partial charge in [-0.25, -0.2) is 4.98 Å². The zero-order valence-electron chi connectivity index (χ0n) is 14.3. The minimum atomic E-state index is 0.436. The van der Waals surface area contributed by atoms with Crippen molar-refractivity contribution in [2.75, 3.05) is 31.1 Å². The highest BCUT2D eigenvalue weighted by Crippen LogP contribution is 2.28. The molecule has 0 unspecified atom stereocenters. The second-order valence-electron chi connectivity index (χ2n) is 6.20. The molecule has 0 aliphatic carbocycles. The predicted octanol–water partition coefficient (Wildman–Crippen LogP) is 4.41. The maximum atomic E-state index is 6.26. The molecule has 0 saturated carbocycles. The van der Waals surface area contributed by atoms with Crippen LogP contribution < -0.4 is 4.90 Å². The van der Waals surface area contributed by atoms with Gasteiger partial charge in [0.1, 0.15) is 5.82 Å². The van der Waals surface area contributed by atoms with Crippen molar-refractivity contribution >= 4 is 40.6 Å². The van der Waals surface area contributed by atoms with Crippen molar-refractivity contribution in [2.24, 2.45) is 0 Å². The van der Waals surface area contributed by atoms with Crippen molar-refractivity contribution in [3.8, 4) is 11.5 Å². The molecule has 9 heteroatoms. The summed E-state index contributed by atoms with van der Waals surface area (Å²) < 4.78 is 5.79. The molecule has 3 aromatic rings. The van der Waals surface area contributed by atoms with E-state index >= 15 is 0 Å². The maximum absolute atomic E-state index is 6.26. The molecule has 140 valence electrons. The minimum absolute atomic E-state index is 0.436. The van der Waals surface area contributed by atoms with Crippen LogP contribution >= 0.6 is 34.8 Å². The standard InChI is InChI=1S/C18H16Cl3N5O/c19-12-9-15(21)17(22-10-12)26-7-5-25(6-8-26)11-16-23-24-18(27-16)13-3-1-2-4-14(13)20/h1-4,9-10H,5-8,11H2. The summed E-state index contributed by atoms with van der Waals surface area (Å²) >= 11 is 18.4. The Balaban J connectivity index is 1.38. The first-order valence-electron chi connectivity index (χ1n) is 8.46. The van der Waals surface area contributed by atoms with E-state index in [-0.39, 0.29) is 0 Å². The molecule has 0 atom stereocenters. The van der Waals surface area contributed by atoms with Crippen LogP contribution in [-0.4, -0.2) is 46.3 Å². The maximum Gasteiger partial charge on any atom is 0.249 e. The van der Waals surface area contributed by atoms with Gasteiger partial charge in [0, 0.05) is 32.4 Å². The van der Waals surface area contributed by atoms with Crippen molar-refractivity contribution in [1.82, 2.24) is 20.1 Å². The van der Waals surface area contributed by atoms with Gasteiger partial charge in [-0.05, 0) is 18.2 Å². The third-order valence-corrected chi connectivity index (χ3v) is 5.20. The van der Waals surface area contributed by atoms with Gasteiger partial charge < -0.3 is 9.32 Å². The Labute approximate surface area is 171 Å². The molecule has 1 fully saturated rings. The van der Waals surface area contributed by atoms with Crippen molar-refractivity contribution < 1.29 is 4.42 Å². The monoisotopic (exact) mass is 423 g/mol. The highest BCUT2D eigenvalue weighted by Gasteiger charge is 2.22. The van der Waals surface area contributed by atoms with Gasteiger partial charge in [-0.15, -0.1) is 10.2 Å². The molecule has 0 amide bonds. The quantitative estimate of drug-likeness (QED) is 0.618. The SMILES string of the molecule is Clc1cnc(N2CCN(Cc3nnc(-c4ccccc4Cl)o3)CC2)c(Cl)c1. The Bertz CT molecular complexity index is 940. The van der Waals surface area contributed by atoms with Crippen molar-refractivity contribution in [1.29, 1.82) is 0 Å². The Morgan fingerprint density at radius 2 is 1.74 bits per heavy atom. The van der Waals surface area contributed by atoms with Gasteiger partial charge in [0.15, 0.2) is 0 Å². The van der Waals surface area contributed by atoms with Gasteiger partial charge in [-0.2, -0.15) is 0 Å². The minimum Gasteiger partial charge on any atom is -0.419 e. The summed E-state index contributed by atoms with van der Waals surface area (Å²) in [5.74, 6) is 1.77. The fourth-order valence-corrected chi connectivity index (χ4v) is 3.73. The van der Waals surface area contributed by atoms with Crippen LogP contribution in [0.2, 0.25) is 15.1 Å². The topological polar surface area (TPSA) is 58.3 Å². The van der Waals surface area contributed by atoms with Crippen molar-refractivity contribution in [2.45, 2.75) is 6.54 Å². The summed E-state index contributed by atoms with van der Waals surface area (Å²) in [7, 11) is 0. The zero-order chi connectivity index (χ0) is 18.8. The van der Waals surface area contributed by atoms with Gasteiger partial charge in [0.05, 0.1) is 27.2 Å². The molecular weight excluding hydrogens is 409 g/mol. The third-order valence-electron chi connectivity index (χ3n) is 4.39. The molecule has 4 rings (SSSR count). The number of pyridine rings is 1. The normalized spacial score (nSPS) is 15.3. The first-order chi connectivity index (χ1) is 13.1. The van der Waals surface area contributed by atoms with E-state index in [1.54, 1.807) is 18.3 Å². The van der Waals surface area contributed by atoms with Gasteiger partial charge in [0.2, 0.25) is 11.8 Å². The van der Waals surface area contributed by atoms with E-state index < -0.39 is 0 Å². The molecule has 1 saturated heterocycles. The highest BCUT2D eigenvalue weighted by atomic mass is 35.5. The molecule has 0 bridgehead atoms. The Kier molecular flexibility index (Phi) is 5.50. The number of hydrogen-bond donors (Lipinski definition) is 0. The lowest BCUT2D eigenvalue weighted by Crippen LogP contribution is -2.46. The van der Waals surface area contributed by atoms with Gasteiger partial charge >= 0.3 is 0 Å². The lowest BCUT2D eigenvalue weighted by atomic mass is 10.2. The highest BCUT2D eigenvalue weighted by molar-refractivity contribution is 6.36. The van der Waals surface area contributed by atoms with Crippen LogP contribution in [0, 0.1) is 0 Å². The van der Waals surface area contributed by atoms with Crippen LogP contribution in [0.3, 0.4) is 0 Å². The predicted molar refractivity (Wildman–Crippen MR) is 106 cm³/mol. The van der Waals surface area contributed by atoms with Crippen LogP contribution in [0.25, 0.3) is 11.5 Å². The van der Waals surface area contributed by atoms with Crippen LogP contribution in [0.5, 0.6) is 0 Å². The Morgan fingerprint density at radius 1 is 0.963 bits per heavy atom. The third kappa shape index (κ3) is 4.19. The summed E-state index contributed by atoms with van der Waals surface area (Å²) in [4.78, 5) is 8.75. The lowest BCUT2D eigenvalue weighted by Gasteiger charge is -2.35. The van der Waals surface area contributed by atoms with Gasteiger partial charge in [-0.3, -0.25) is 4.90 Å². The van der Waals surface area contributed by atoms with Crippen LogP contribution in [0.1, 0.15) is 5.89 Å². The number of anilines is 1. The molecule has 1 aliphatic heterocycles. The van der Waals surface area contributed by atoms with Crippen LogP contribution in [-0.2, 0) is 6.54 Å². The summed E-state index contributed by atoms with van der Waals surface area (Å²) in [6.07, 6.45) is 1.61. The van der Waals surface area contributed by atoms with E-state index in [4.69, 9.17) is 39.2 Å². The van der Waals surface area contributed by atoms with E-state index in [2.05, 4.69) is 25.0 Å². The average molecular weight is 425 g/mol. The molecule has 3 heterocycles. The molecule has 0 N–H and O–H groups in total. The van der Waals surface area contributed by atoms with Crippen LogP contribution in [0.15, 0.2) is 40.9 Å². The van der Waals surface area contributed by atoms with Crippen molar-refractivity contribution in [3.05, 3.63) is 57.5 Å². The van der Waals surface area contributed by atoms with E-state index in [1.165, 1.54) is 0 Å². The van der Waals surface area contributed by atoms with E-state index in [9.17, 15) is 0 Å². The van der Waals surface area contributed by atoms with E-state index in [0.717, 1.165) is 37.6 Å². The fourth-order valence-electron chi connectivity index (χ4n) is 3.01. The van der Waals surface area contributed by atoms with Gasteiger partial charge in [0.25, 0.3) is 0 Å². The lowest BCUT2D eigenvalue weighted by molar-refractivity contribution is 0.226. The fraction of sp³-hybridized carbons (Fsp3) is 0.278. The molecule has 27 heavy (non-hydrogen) atoms. The Hall–Kier alpha value is -1.86. The number of piperazine rings is 1. The van der Waals surface area contributed by atoms with E-state index in [1.807, 2.05) is 18.2 Å². The Morgan fingerprint density at radius 3 is 2.48 bits per heavy atom. The second-order valence-corrected chi connectivity index (χ2v) is 7.45. The number of aromatic nitrogens is 3. The number of nitrogens with zero attached hydrogens (tertiary/aromatic N) is 5. The number of rotatable bonds is 4. The van der Waals surface area contributed by atoms with E-state index in [0.29, 0.717) is 33.4 Å². The summed E-state index contributed by atoms with van der Waals surface area (Å²) in [5, 5.41) is 9.96. The summed E-state index contributed by atoms with van der Waals surface area (Å²) in [6.45, 7) is 3.88. The molecule has 6 nitrogen and oxygen atoms in total. The molecule has 0 radical (unpaired) electrons. The van der Waals surface area contributed by atoms with Crippen molar-refractivity contribution in [3.63, 3.8) is 0 Å². The summed E-state index contributed by atoms with van der Waals surface area (Å²) in [5.41, 5.74) is 0.742. The second kappa shape index (κ2) is 8.02. The number of hydrogen-bond acceptors (Lipinski definition) is 6. The molecule has 1 aliphatic rings. The summed E-state index contributed by atoms with van der Waals surface area (Å²) in [6, 6.07) is 9.13. The molecule has 1 aromatic carbocycles. The molecule has 0 spiro atoms. The first-order valence-corrected chi connectivity index (χ1v) is 9.59. The smallest absolute Gasteiger partial charge is 0.249 e. The number of benzene rings is 1. The average Bonchev–Trinajstić information content (AvgIpc) is 3.11. The first kappa shape index (κ1) is 18.5. The van der Waals surface area contributed by atoms with Crippen LogP contribution in [0.4, 0.5) is 5.82 Å². The van der Waals surface area contributed by atoms with Gasteiger partial charge in [-0.1, -0.05) is 46.9 Å². The molecular formula is C18H16Cl3N5O. The largest absolute Gasteiger partial charge is 0.419 e.